The highest BCUT2D eigenvalue weighted by Gasteiger charge is 2.25. The molecule has 0 saturated heterocycles. The van der Waals surface area contributed by atoms with E-state index in [0.717, 1.165) is 19.6 Å². The third-order valence-corrected chi connectivity index (χ3v) is 8.86. The number of hydrogen-bond acceptors (Lipinski definition) is 6. The fraction of sp³-hybridized carbons (Fsp3) is 0. The molecule has 0 atom stereocenters. The maximum absolute atomic E-state index is 14.0. The summed E-state index contributed by atoms with van der Waals surface area (Å²) in [4.78, 5) is 16.3. The third-order valence-electron chi connectivity index (χ3n) is 5.68. The molecule has 0 spiro atoms. The molecule has 0 fully saturated rings. The maximum atomic E-state index is 14.0. The first kappa shape index (κ1) is 24.1. The van der Waals surface area contributed by atoms with Crippen molar-refractivity contribution in [3.8, 4) is 0 Å². The van der Waals surface area contributed by atoms with Crippen LogP contribution in [-0.4, -0.2) is 0 Å². The van der Waals surface area contributed by atoms with Crippen LogP contribution in [-0.2, 0) is 13.6 Å². The normalized spacial score (nSPS) is 14.0. The average molecular weight is 550 g/mol. The van der Waals surface area contributed by atoms with Gasteiger partial charge in [-0.1, -0.05) is 59.9 Å². The highest BCUT2D eigenvalue weighted by atomic mass is 32.2. The number of fused-ring (bicyclic) bond motifs is 4. The lowest BCUT2D eigenvalue weighted by Gasteiger charge is -2.27. The van der Waals surface area contributed by atoms with Gasteiger partial charge in [0.1, 0.15) is 23.2 Å². The lowest BCUT2D eigenvalue weighted by atomic mass is 10.1. The Morgan fingerprint density at radius 1 is 0.622 bits per heavy atom. The second-order valence-corrected chi connectivity index (χ2v) is 11.6. The van der Waals surface area contributed by atoms with Gasteiger partial charge in [0, 0.05) is 30.7 Å². The predicted octanol–water partition coefficient (Wildman–Crippen LogP) is 8.09. The summed E-state index contributed by atoms with van der Waals surface area (Å²) in [6.07, 6.45) is 2.97. The minimum absolute atomic E-state index is 0.00844. The van der Waals surface area contributed by atoms with E-state index in [4.69, 9.17) is 9.05 Å². The van der Waals surface area contributed by atoms with E-state index < -0.39 is 19.5 Å². The molecule has 0 aliphatic carbocycles. The Morgan fingerprint density at radius 2 is 1.05 bits per heavy atom. The molecule has 37 heavy (non-hydrogen) atoms. The fourth-order valence-corrected chi connectivity index (χ4v) is 6.94. The molecule has 9 heteroatoms. The van der Waals surface area contributed by atoms with Crippen LogP contribution < -0.4 is 4.89 Å². The van der Waals surface area contributed by atoms with E-state index in [-0.39, 0.29) is 11.5 Å². The number of phosphoric acid groups is 1. The van der Waals surface area contributed by atoms with Crippen LogP contribution >= 0.6 is 31.3 Å². The number of halogens is 2. The van der Waals surface area contributed by atoms with Crippen molar-refractivity contribution in [2.24, 2.45) is 0 Å². The maximum Gasteiger partial charge on any atom is 0.372 e. The van der Waals surface area contributed by atoms with Gasteiger partial charge in [-0.25, -0.2) is 13.3 Å². The summed E-state index contributed by atoms with van der Waals surface area (Å²) in [6.45, 7) is 0. The van der Waals surface area contributed by atoms with Crippen molar-refractivity contribution in [1.29, 1.82) is 0 Å². The monoisotopic (exact) mass is 549 g/mol. The molecule has 184 valence electrons. The van der Waals surface area contributed by atoms with Gasteiger partial charge in [0.15, 0.2) is 0 Å². The molecule has 4 nitrogen and oxygen atoms in total. The molecule has 4 aromatic rings. The van der Waals surface area contributed by atoms with Crippen LogP contribution in [0.25, 0.3) is 23.7 Å². The van der Waals surface area contributed by atoms with E-state index in [0.29, 0.717) is 22.3 Å². The largest absolute Gasteiger partial charge is 0.736 e. The zero-order chi connectivity index (χ0) is 25.6. The quantitative estimate of drug-likeness (QED) is 0.240. The molecular formula is C28H16F2O4PS2-. The van der Waals surface area contributed by atoms with Gasteiger partial charge in [0.2, 0.25) is 0 Å². The zero-order valence-corrected chi connectivity index (χ0v) is 21.4. The van der Waals surface area contributed by atoms with Crippen molar-refractivity contribution in [3.63, 3.8) is 0 Å². The summed E-state index contributed by atoms with van der Waals surface area (Å²) in [6, 6.07) is 22.9. The number of benzene rings is 4. The van der Waals surface area contributed by atoms with Gasteiger partial charge in [0.25, 0.3) is 0 Å². The average Bonchev–Trinajstić information content (AvgIpc) is 3.10. The van der Waals surface area contributed by atoms with Crippen LogP contribution in [0.5, 0.6) is 0 Å². The minimum atomic E-state index is -5.02. The second kappa shape index (κ2) is 9.54. The van der Waals surface area contributed by atoms with Crippen LogP contribution in [0.2, 0.25) is 0 Å². The molecule has 0 saturated carbocycles. The Hall–Kier alpha value is -3.29. The minimum Gasteiger partial charge on any atom is -0.736 e. The van der Waals surface area contributed by atoms with E-state index in [9.17, 15) is 18.2 Å². The Labute approximate surface area is 220 Å². The van der Waals surface area contributed by atoms with Crippen LogP contribution in [0.3, 0.4) is 0 Å². The molecule has 0 N–H and O–H groups in total. The summed E-state index contributed by atoms with van der Waals surface area (Å²) < 4.78 is 52.4. The summed E-state index contributed by atoms with van der Waals surface area (Å²) >= 11 is 2.77. The lowest BCUT2D eigenvalue weighted by Crippen LogP contribution is -2.08. The highest BCUT2D eigenvalue weighted by Crippen LogP contribution is 2.53. The van der Waals surface area contributed by atoms with E-state index in [1.807, 2.05) is 24.3 Å². The van der Waals surface area contributed by atoms with Gasteiger partial charge in [-0.3, -0.25) is 0 Å². The Balaban J connectivity index is 1.41. The molecule has 0 aromatic heterocycles. The van der Waals surface area contributed by atoms with Crippen molar-refractivity contribution in [1.82, 2.24) is 0 Å². The molecule has 0 bridgehead atoms. The standard InChI is InChI=1S/C28H17F2O4PS2/c29-19-9-11-25-17(13-19)15-23(21-5-1-3-7-27(21)36-25)33-35(31,32)34-24-16-18-14-20(30)10-12-26(18)37-28-8-4-2-6-22(24)28/h1-16H,(H,31,32)/p-1. The van der Waals surface area contributed by atoms with Gasteiger partial charge in [-0.2, -0.15) is 0 Å². The Kier molecular flexibility index (Phi) is 6.21. The van der Waals surface area contributed by atoms with Crippen LogP contribution in [0, 0.1) is 11.6 Å². The first-order chi connectivity index (χ1) is 17.8. The molecule has 0 amide bonds. The number of rotatable bonds is 4. The predicted molar refractivity (Wildman–Crippen MR) is 139 cm³/mol. The molecule has 2 heterocycles. The first-order valence-corrected chi connectivity index (χ1v) is 14.2. The Morgan fingerprint density at radius 3 is 1.51 bits per heavy atom. The van der Waals surface area contributed by atoms with Gasteiger partial charge < -0.3 is 13.9 Å². The van der Waals surface area contributed by atoms with Gasteiger partial charge in [0.05, 0.1) is 0 Å². The number of phosphoric ester groups is 1. The summed E-state index contributed by atoms with van der Waals surface area (Å²) in [7, 11) is -5.02. The highest BCUT2D eigenvalue weighted by molar-refractivity contribution is 7.99. The van der Waals surface area contributed by atoms with Crippen molar-refractivity contribution in [3.05, 3.63) is 119 Å². The van der Waals surface area contributed by atoms with Crippen molar-refractivity contribution in [2.75, 3.05) is 0 Å². The molecule has 6 rings (SSSR count). The summed E-state index contributed by atoms with van der Waals surface area (Å²) in [5.41, 5.74) is 2.02. The van der Waals surface area contributed by atoms with Crippen molar-refractivity contribution < 1.29 is 27.3 Å². The van der Waals surface area contributed by atoms with Gasteiger partial charge in [-0.15, -0.1) is 0 Å². The second-order valence-electron chi connectivity index (χ2n) is 8.21. The molecule has 0 radical (unpaired) electrons. The zero-order valence-electron chi connectivity index (χ0n) is 18.9. The molecule has 0 unspecified atom stereocenters. The Bertz CT molecular complexity index is 1550. The molecular weight excluding hydrogens is 533 g/mol. The summed E-state index contributed by atoms with van der Waals surface area (Å²) in [5.74, 6) is -0.889. The van der Waals surface area contributed by atoms with Crippen LogP contribution in [0.1, 0.15) is 22.3 Å². The van der Waals surface area contributed by atoms with Crippen LogP contribution in [0.15, 0.2) is 105 Å². The fourth-order valence-electron chi connectivity index (χ4n) is 4.05. The van der Waals surface area contributed by atoms with Crippen molar-refractivity contribution >= 4 is 55.0 Å². The van der Waals surface area contributed by atoms with Crippen molar-refractivity contribution in [2.45, 2.75) is 19.6 Å². The van der Waals surface area contributed by atoms with E-state index in [1.165, 1.54) is 59.9 Å². The third kappa shape index (κ3) is 4.98. The molecule has 2 aliphatic rings. The SMILES string of the molecule is O=P([O-])(OC1=Cc2cc(F)ccc2Sc2ccccc21)OC1=Cc2cc(F)ccc2Sc2ccccc21. The smallest absolute Gasteiger partial charge is 0.372 e. The van der Waals surface area contributed by atoms with E-state index in [2.05, 4.69) is 0 Å². The number of hydrogen-bond donors (Lipinski definition) is 0. The van der Waals surface area contributed by atoms with Crippen LogP contribution in [0.4, 0.5) is 8.78 Å². The van der Waals surface area contributed by atoms with E-state index >= 15 is 0 Å². The molecule has 2 aliphatic heterocycles. The molecule has 4 aromatic carbocycles. The first-order valence-electron chi connectivity index (χ1n) is 11.1. The van der Waals surface area contributed by atoms with Gasteiger partial charge in [-0.05, 0) is 71.8 Å². The summed E-state index contributed by atoms with van der Waals surface area (Å²) in [5, 5.41) is 0. The lowest BCUT2D eigenvalue weighted by molar-refractivity contribution is -0.213. The van der Waals surface area contributed by atoms with E-state index in [1.54, 1.807) is 36.4 Å². The van der Waals surface area contributed by atoms with Gasteiger partial charge >= 0.3 is 7.82 Å². The topological polar surface area (TPSA) is 58.6 Å².